The SMILES string of the molecule is CC(C)CNC(=S)Nc1nc(N2CCCC2)cc(N2CCc3ccccc3C2)n1. The average molecular weight is 411 g/mol. The molecule has 2 aliphatic rings. The van der Waals surface area contributed by atoms with Gasteiger partial charge in [0, 0.05) is 38.8 Å². The van der Waals surface area contributed by atoms with Crippen LogP contribution in [0.25, 0.3) is 0 Å². The summed E-state index contributed by atoms with van der Waals surface area (Å²) in [5.74, 6) is 3.05. The molecular weight excluding hydrogens is 380 g/mol. The molecule has 2 aromatic rings. The Balaban J connectivity index is 1.57. The highest BCUT2D eigenvalue weighted by Crippen LogP contribution is 2.28. The van der Waals surface area contributed by atoms with Crippen molar-refractivity contribution in [3.8, 4) is 0 Å². The van der Waals surface area contributed by atoms with Gasteiger partial charge in [0.15, 0.2) is 5.11 Å². The zero-order valence-electron chi connectivity index (χ0n) is 17.3. The highest BCUT2D eigenvalue weighted by atomic mass is 32.1. The summed E-state index contributed by atoms with van der Waals surface area (Å²) in [4.78, 5) is 14.3. The van der Waals surface area contributed by atoms with Crippen LogP contribution in [0, 0.1) is 5.92 Å². The minimum absolute atomic E-state index is 0.524. The maximum Gasteiger partial charge on any atom is 0.232 e. The van der Waals surface area contributed by atoms with Gasteiger partial charge in [0.25, 0.3) is 0 Å². The predicted octanol–water partition coefficient (Wildman–Crippen LogP) is 3.58. The summed E-state index contributed by atoms with van der Waals surface area (Å²) in [6, 6.07) is 10.8. The Hall–Kier alpha value is -2.41. The highest BCUT2D eigenvalue weighted by molar-refractivity contribution is 7.80. The van der Waals surface area contributed by atoms with E-state index in [0.717, 1.165) is 50.8 Å². The van der Waals surface area contributed by atoms with Crippen LogP contribution in [-0.4, -0.2) is 41.3 Å². The molecule has 3 heterocycles. The number of nitrogens with one attached hydrogen (secondary N) is 2. The third-order valence-corrected chi connectivity index (χ3v) is 5.73. The van der Waals surface area contributed by atoms with E-state index in [2.05, 4.69) is 64.6 Å². The molecule has 0 spiro atoms. The molecule has 1 aromatic carbocycles. The number of thiocarbonyl (C=S) groups is 1. The zero-order chi connectivity index (χ0) is 20.2. The van der Waals surface area contributed by atoms with Gasteiger partial charge >= 0.3 is 0 Å². The van der Waals surface area contributed by atoms with E-state index < -0.39 is 0 Å². The largest absolute Gasteiger partial charge is 0.362 e. The lowest BCUT2D eigenvalue weighted by molar-refractivity contribution is 0.627. The lowest BCUT2D eigenvalue weighted by Crippen LogP contribution is -2.34. The lowest BCUT2D eigenvalue weighted by Gasteiger charge is -2.30. The summed E-state index contributed by atoms with van der Waals surface area (Å²) >= 11 is 5.45. The molecule has 0 amide bonds. The van der Waals surface area contributed by atoms with Crippen molar-refractivity contribution in [3.63, 3.8) is 0 Å². The molecule has 0 aliphatic carbocycles. The van der Waals surface area contributed by atoms with Crippen molar-refractivity contribution in [2.75, 3.05) is 41.3 Å². The standard InChI is InChI=1S/C22H30N6S/c1-16(2)14-23-22(29)26-21-24-19(27-10-5-6-11-27)13-20(25-21)28-12-9-17-7-3-4-8-18(17)15-28/h3-4,7-8,13,16H,5-6,9-12,14-15H2,1-2H3,(H2,23,24,25,26,29). The van der Waals surface area contributed by atoms with Crippen LogP contribution in [0.1, 0.15) is 37.8 Å². The molecule has 0 saturated carbocycles. The fraction of sp³-hybridized carbons (Fsp3) is 0.500. The van der Waals surface area contributed by atoms with Crippen molar-refractivity contribution in [1.29, 1.82) is 0 Å². The molecule has 2 aliphatic heterocycles. The molecule has 0 unspecified atom stereocenters. The Kier molecular flexibility index (Phi) is 6.13. The van der Waals surface area contributed by atoms with Crippen molar-refractivity contribution in [1.82, 2.24) is 15.3 Å². The molecule has 1 aromatic heterocycles. The van der Waals surface area contributed by atoms with Gasteiger partial charge in [-0.05, 0) is 48.5 Å². The Morgan fingerprint density at radius 1 is 1.03 bits per heavy atom. The van der Waals surface area contributed by atoms with Crippen LogP contribution < -0.4 is 20.4 Å². The van der Waals surface area contributed by atoms with Gasteiger partial charge in [0.2, 0.25) is 5.95 Å². The molecule has 6 nitrogen and oxygen atoms in total. The average Bonchev–Trinajstić information content (AvgIpc) is 3.27. The molecule has 1 saturated heterocycles. The van der Waals surface area contributed by atoms with E-state index >= 15 is 0 Å². The van der Waals surface area contributed by atoms with Crippen LogP contribution in [0.3, 0.4) is 0 Å². The molecule has 1 fully saturated rings. The summed E-state index contributed by atoms with van der Waals surface area (Å²) in [6.45, 7) is 9.08. The van der Waals surface area contributed by atoms with Crippen LogP contribution >= 0.6 is 12.2 Å². The van der Waals surface area contributed by atoms with Gasteiger partial charge in [0.1, 0.15) is 11.6 Å². The third-order valence-electron chi connectivity index (χ3n) is 5.48. The number of fused-ring (bicyclic) bond motifs is 1. The van der Waals surface area contributed by atoms with Crippen molar-refractivity contribution in [3.05, 3.63) is 41.5 Å². The fourth-order valence-corrected chi connectivity index (χ4v) is 4.06. The first-order valence-electron chi connectivity index (χ1n) is 10.6. The first-order valence-corrected chi connectivity index (χ1v) is 11.0. The van der Waals surface area contributed by atoms with Gasteiger partial charge in [-0.15, -0.1) is 0 Å². The summed E-state index contributed by atoms with van der Waals surface area (Å²) < 4.78 is 0. The smallest absolute Gasteiger partial charge is 0.232 e. The van der Waals surface area contributed by atoms with Crippen LogP contribution in [0.2, 0.25) is 0 Å². The summed E-state index contributed by atoms with van der Waals surface area (Å²) in [7, 11) is 0. The first-order chi connectivity index (χ1) is 14.1. The molecule has 2 N–H and O–H groups in total. The maximum atomic E-state index is 5.45. The summed E-state index contributed by atoms with van der Waals surface area (Å²) in [5, 5.41) is 7.03. The summed E-state index contributed by atoms with van der Waals surface area (Å²) in [5.41, 5.74) is 2.82. The third kappa shape index (κ3) is 4.96. The lowest BCUT2D eigenvalue weighted by atomic mass is 10.00. The monoisotopic (exact) mass is 410 g/mol. The second kappa shape index (κ2) is 8.95. The van der Waals surface area contributed by atoms with Gasteiger partial charge < -0.3 is 20.4 Å². The van der Waals surface area contributed by atoms with Gasteiger partial charge in [-0.25, -0.2) is 0 Å². The second-order valence-electron chi connectivity index (χ2n) is 8.27. The van der Waals surface area contributed by atoms with Gasteiger partial charge in [0.05, 0.1) is 0 Å². The van der Waals surface area contributed by atoms with Gasteiger partial charge in [-0.1, -0.05) is 38.1 Å². The van der Waals surface area contributed by atoms with E-state index in [-0.39, 0.29) is 0 Å². The Bertz CT molecular complexity index is 862. The second-order valence-corrected chi connectivity index (χ2v) is 8.68. The van der Waals surface area contributed by atoms with Crippen LogP contribution in [0.4, 0.5) is 17.6 Å². The van der Waals surface area contributed by atoms with Gasteiger partial charge in [-0.3, -0.25) is 0 Å². The van der Waals surface area contributed by atoms with E-state index in [4.69, 9.17) is 22.2 Å². The number of hydrogen-bond donors (Lipinski definition) is 2. The predicted molar refractivity (Wildman–Crippen MR) is 124 cm³/mol. The van der Waals surface area contributed by atoms with Gasteiger partial charge in [-0.2, -0.15) is 9.97 Å². The quantitative estimate of drug-likeness (QED) is 0.731. The van der Waals surface area contributed by atoms with E-state index in [0.29, 0.717) is 17.0 Å². The Morgan fingerprint density at radius 2 is 1.72 bits per heavy atom. The zero-order valence-corrected chi connectivity index (χ0v) is 18.1. The van der Waals surface area contributed by atoms with E-state index in [9.17, 15) is 0 Å². The molecule has 154 valence electrons. The maximum absolute atomic E-state index is 5.45. The van der Waals surface area contributed by atoms with Crippen molar-refractivity contribution >= 4 is 34.9 Å². The highest BCUT2D eigenvalue weighted by Gasteiger charge is 2.21. The van der Waals surface area contributed by atoms with Crippen LogP contribution in [-0.2, 0) is 13.0 Å². The molecule has 0 bridgehead atoms. The Morgan fingerprint density at radius 3 is 2.45 bits per heavy atom. The molecule has 29 heavy (non-hydrogen) atoms. The number of nitrogens with zero attached hydrogens (tertiary/aromatic N) is 4. The minimum Gasteiger partial charge on any atom is -0.362 e. The molecule has 4 rings (SSSR count). The summed E-state index contributed by atoms with van der Waals surface area (Å²) in [6.07, 6.45) is 3.47. The number of rotatable bonds is 5. The van der Waals surface area contributed by atoms with E-state index in [1.807, 2.05) is 0 Å². The van der Waals surface area contributed by atoms with Crippen LogP contribution in [0.5, 0.6) is 0 Å². The van der Waals surface area contributed by atoms with E-state index in [1.165, 1.54) is 24.0 Å². The number of benzene rings is 1. The number of anilines is 3. The number of aromatic nitrogens is 2. The normalized spacial score (nSPS) is 16.1. The first kappa shape index (κ1) is 19.9. The molecule has 0 atom stereocenters. The van der Waals surface area contributed by atoms with Crippen molar-refractivity contribution < 1.29 is 0 Å². The van der Waals surface area contributed by atoms with Crippen LogP contribution in [0.15, 0.2) is 30.3 Å². The molecule has 0 radical (unpaired) electrons. The van der Waals surface area contributed by atoms with Crippen molar-refractivity contribution in [2.45, 2.75) is 39.7 Å². The minimum atomic E-state index is 0.524. The fourth-order valence-electron chi connectivity index (χ4n) is 3.88. The van der Waals surface area contributed by atoms with E-state index in [1.54, 1.807) is 0 Å². The van der Waals surface area contributed by atoms with Crippen molar-refractivity contribution in [2.24, 2.45) is 5.92 Å². The molecule has 7 heteroatoms. The Labute approximate surface area is 178 Å². The number of hydrogen-bond acceptors (Lipinski definition) is 5. The topological polar surface area (TPSA) is 56.3 Å². The molecular formula is C22H30N6S.